The molecule has 2 aromatic rings. The number of amides is 2. The van der Waals surface area contributed by atoms with E-state index in [9.17, 15) is 14.0 Å². The highest BCUT2D eigenvalue weighted by Gasteiger charge is 2.16. The molecule has 2 aromatic carbocycles. The molecule has 118 valence electrons. The van der Waals surface area contributed by atoms with Crippen LogP contribution in [-0.4, -0.2) is 17.6 Å². The van der Waals surface area contributed by atoms with Crippen LogP contribution in [0.25, 0.3) is 0 Å². The summed E-state index contributed by atoms with van der Waals surface area (Å²) in [5.41, 5.74) is 2.44. The SMILES string of the molecule is O=C(Cc1ccc2c(c1)NC(=O)CS2)NCc1ccc(F)cc1. The maximum atomic E-state index is 12.8. The number of carbonyl (C=O) groups excluding carboxylic acids is 2. The molecule has 2 N–H and O–H groups in total. The predicted molar refractivity (Wildman–Crippen MR) is 87.7 cm³/mol. The Morgan fingerprint density at radius 2 is 1.91 bits per heavy atom. The molecule has 1 aliphatic heterocycles. The van der Waals surface area contributed by atoms with E-state index in [1.807, 2.05) is 18.2 Å². The highest BCUT2D eigenvalue weighted by molar-refractivity contribution is 8.00. The van der Waals surface area contributed by atoms with E-state index in [0.29, 0.717) is 12.3 Å². The van der Waals surface area contributed by atoms with Gasteiger partial charge in [0.05, 0.1) is 17.9 Å². The topological polar surface area (TPSA) is 58.2 Å². The van der Waals surface area contributed by atoms with E-state index in [1.165, 1.54) is 23.9 Å². The van der Waals surface area contributed by atoms with Gasteiger partial charge in [0.1, 0.15) is 5.82 Å². The lowest BCUT2D eigenvalue weighted by molar-refractivity contribution is -0.120. The molecule has 1 heterocycles. The number of rotatable bonds is 4. The number of thioether (sulfide) groups is 1. The molecule has 0 unspecified atom stereocenters. The Labute approximate surface area is 137 Å². The third kappa shape index (κ3) is 4.10. The summed E-state index contributed by atoms with van der Waals surface area (Å²) in [6.45, 7) is 0.358. The molecule has 0 bridgehead atoms. The molecule has 6 heteroatoms. The van der Waals surface area contributed by atoms with Gasteiger partial charge in [0.15, 0.2) is 0 Å². The van der Waals surface area contributed by atoms with Crippen molar-refractivity contribution >= 4 is 29.3 Å². The Bertz CT molecular complexity index is 747. The number of benzene rings is 2. The van der Waals surface area contributed by atoms with E-state index in [-0.39, 0.29) is 24.1 Å². The molecule has 0 saturated heterocycles. The molecule has 0 radical (unpaired) electrons. The third-order valence-corrected chi connectivity index (χ3v) is 4.52. The Kier molecular flexibility index (Phi) is 4.62. The minimum Gasteiger partial charge on any atom is -0.352 e. The van der Waals surface area contributed by atoms with Gasteiger partial charge < -0.3 is 10.6 Å². The lowest BCUT2D eigenvalue weighted by Crippen LogP contribution is -2.25. The fourth-order valence-corrected chi connectivity index (χ4v) is 3.08. The van der Waals surface area contributed by atoms with Gasteiger partial charge in [0.2, 0.25) is 11.8 Å². The summed E-state index contributed by atoms with van der Waals surface area (Å²) in [5, 5.41) is 5.61. The number of hydrogen-bond acceptors (Lipinski definition) is 3. The first kappa shape index (κ1) is 15.6. The van der Waals surface area contributed by atoms with Gasteiger partial charge in [0.25, 0.3) is 0 Å². The fraction of sp³-hybridized carbons (Fsp3) is 0.176. The van der Waals surface area contributed by atoms with Gasteiger partial charge in [-0.3, -0.25) is 9.59 Å². The molecule has 23 heavy (non-hydrogen) atoms. The Morgan fingerprint density at radius 1 is 1.17 bits per heavy atom. The second-order valence-electron chi connectivity index (χ2n) is 5.25. The first-order valence-electron chi connectivity index (χ1n) is 7.17. The van der Waals surface area contributed by atoms with Crippen molar-refractivity contribution in [2.24, 2.45) is 0 Å². The Hall–Kier alpha value is -2.34. The van der Waals surface area contributed by atoms with Crippen molar-refractivity contribution in [1.29, 1.82) is 0 Å². The lowest BCUT2D eigenvalue weighted by atomic mass is 10.1. The number of hydrogen-bond donors (Lipinski definition) is 2. The van der Waals surface area contributed by atoms with E-state index in [4.69, 9.17) is 0 Å². The summed E-state index contributed by atoms with van der Waals surface area (Å²) in [6, 6.07) is 11.7. The quantitative estimate of drug-likeness (QED) is 0.906. The highest BCUT2D eigenvalue weighted by Crippen LogP contribution is 2.32. The van der Waals surface area contributed by atoms with Crippen LogP contribution in [0, 0.1) is 5.82 Å². The molecule has 4 nitrogen and oxygen atoms in total. The van der Waals surface area contributed by atoms with Crippen LogP contribution in [0.5, 0.6) is 0 Å². The van der Waals surface area contributed by atoms with Crippen molar-refractivity contribution in [2.75, 3.05) is 11.1 Å². The molecule has 0 aliphatic carbocycles. The van der Waals surface area contributed by atoms with Crippen molar-refractivity contribution in [3.8, 4) is 0 Å². The van der Waals surface area contributed by atoms with Gasteiger partial charge in [-0.15, -0.1) is 11.8 Å². The molecule has 0 saturated carbocycles. The van der Waals surface area contributed by atoms with E-state index < -0.39 is 0 Å². The monoisotopic (exact) mass is 330 g/mol. The standard InChI is InChI=1S/C17H15FN2O2S/c18-13-4-1-11(2-5-13)9-19-16(21)8-12-3-6-15-14(7-12)20-17(22)10-23-15/h1-7H,8-10H2,(H,19,21)(H,20,22). The van der Waals surface area contributed by atoms with Gasteiger partial charge >= 0.3 is 0 Å². The van der Waals surface area contributed by atoms with Gasteiger partial charge in [-0.1, -0.05) is 18.2 Å². The number of nitrogens with one attached hydrogen (secondary N) is 2. The zero-order chi connectivity index (χ0) is 16.2. The number of fused-ring (bicyclic) bond motifs is 1. The predicted octanol–water partition coefficient (Wildman–Crippen LogP) is 2.73. The maximum Gasteiger partial charge on any atom is 0.234 e. The molecule has 3 rings (SSSR count). The number of carbonyl (C=O) groups is 2. The average molecular weight is 330 g/mol. The third-order valence-electron chi connectivity index (χ3n) is 3.44. The zero-order valence-corrected chi connectivity index (χ0v) is 13.1. The van der Waals surface area contributed by atoms with Crippen LogP contribution < -0.4 is 10.6 Å². The van der Waals surface area contributed by atoms with Crippen LogP contribution in [0.2, 0.25) is 0 Å². The van der Waals surface area contributed by atoms with Crippen LogP contribution in [0.1, 0.15) is 11.1 Å². The molecule has 0 spiro atoms. The minimum atomic E-state index is -0.297. The first-order chi connectivity index (χ1) is 11.1. The number of anilines is 1. The summed E-state index contributed by atoms with van der Waals surface area (Å²) in [4.78, 5) is 24.4. The first-order valence-corrected chi connectivity index (χ1v) is 8.15. The molecular formula is C17H15FN2O2S. The number of halogens is 1. The summed E-state index contributed by atoms with van der Waals surface area (Å²) in [5.74, 6) is -0.0247. The highest BCUT2D eigenvalue weighted by atomic mass is 32.2. The molecular weight excluding hydrogens is 315 g/mol. The largest absolute Gasteiger partial charge is 0.352 e. The van der Waals surface area contributed by atoms with Crippen molar-refractivity contribution in [3.05, 3.63) is 59.4 Å². The summed E-state index contributed by atoms with van der Waals surface area (Å²) >= 11 is 1.49. The smallest absolute Gasteiger partial charge is 0.234 e. The van der Waals surface area contributed by atoms with Crippen molar-refractivity contribution in [3.63, 3.8) is 0 Å². The van der Waals surface area contributed by atoms with Crippen LogP contribution in [0.15, 0.2) is 47.4 Å². The summed E-state index contributed by atoms with van der Waals surface area (Å²) in [6.07, 6.45) is 0.231. The average Bonchev–Trinajstić information content (AvgIpc) is 2.54. The van der Waals surface area contributed by atoms with Crippen molar-refractivity contribution in [2.45, 2.75) is 17.9 Å². The normalized spacial score (nSPS) is 13.2. The second kappa shape index (κ2) is 6.83. The van der Waals surface area contributed by atoms with E-state index in [0.717, 1.165) is 21.7 Å². The molecule has 1 aliphatic rings. The van der Waals surface area contributed by atoms with Gasteiger partial charge in [-0.05, 0) is 35.4 Å². The van der Waals surface area contributed by atoms with E-state index in [2.05, 4.69) is 10.6 Å². The van der Waals surface area contributed by atoms with Crippen molar-refractivity contribution < 1.29 is 14.0 Å². The van der Waals surface area contributed by atoms with Gasteiger partial charge in [-0.25, -0.2) is 4.39 Å². The summed E-state index contributed by atoms with van der Waals surface area (Å²) < 4.78 is 12.8. The van der Waals surface area contributed by atoms with E-state index in [1.54, 1.807) is 12.1 Å². The fourth-order valence-electron chi connectivity index (χ4n) is 2.29. The van der Waals surface area contributed by atoms with Gasteiger partial charge in [0, 0.05) is 11.4 Å². The van der Waals surface area contributed by atoms with Crippen molar-refractivity contribution in [1.82, 2.24) is 5.32 Å². The van der Waals surface area contributed by atoms with E-state index >= 15 is 0 Å². The maximum absolute atomic E-state index is 12.8. The van der Waals surface area contributed by atoms with Crippen LogP contribution >= 0.6 is 11.8 Å². The second-order valence-corrected chi connectivity index (χ2v) is 6.26. The minimum absolute atomic E-state index is 0.0274. The Balaban J connectivity index is 1.58. The molecule has 0 aromatic heterocycles. The molecule has 0 fully saturated rings. The Morgan fingerprint density at radius 3 is 2.70 bits per heavy atom. The lowest BCUT2D eigenvalue weighted by Gasteiger charge is -2.17. The van der Waals surface area contributed by atoms with Crippen LogP contribution in [0.4, 0.5) is 10.1 Å². The van der Waals surface area contributed by atoms with Crippen LogP contribution in [-0.2, 0) is 22.6 Å². The zero-order valence-electron chi connectivity index (χ0n) is 12.3. The van der Waals surface area contributed by atoms with Crippen LogP contribution in [0.3, 0.4) is 0 Å². The molecule has 0 atom stereocenters. The van der Waals surface area contributed by atoms with Gasteiger partial charge in [-0.2, -0.15) is 0 Å². The summed E-state index contributed by atoms with van der Waals surface area (Å²) in [7, 11) is 0. The molecule has 2 amide bonds.